The lowest BCUT2D eigenvalue weighted by molar-refractivity contribution is 0.0601. The first kappa shape index (κ1) is 3.76. The van der Waals surface area contributed by atoms with E-state index in [1.54, 1.807) is 0 Å². The second-order valence-electron chi connectivity index (χ2n) is 1.78. The summed E-state index contributed by atoms with van der Waals surface area (Å²) in [4.78, 5) is 11.2. The lowest BCUT2D eigenvalue weighted by Crippen LogP contribution is -2.00. The summed E-state index contributed by atoms with van der Waals surface area (Å²) in [6.45, 7) is 0. The number of nitrogens with two attached hydrogens (primary N) is 1. The Labute approximate surface area is 70.4 Å². The van der Waals surface area contributed by atoms with E-state index < -0.39 is 35.7 Å². The summed E-state index contributed by atoms with van der Waals surface area (Å²) in [5.41, 5.74) is 4.65. The molecule has 0 saturated carbocycles. The van der Waals surface area contributed by atoms with Crippen molar-refractivity contribution in [3.8, 4) is 0 Å². The lowest BCUT2D eigenvalue weighted by Gasteiger charge is -1.97. The Hall–Kier alpha value is -1.51. The SMILES string of the molecule is [2H]c1c([2H])c(C(=O)OC)c([2H])c([2H])c1N. The van der Waals surface area contributed by atoms with E-state index >= 15 is 0 Å². The van der Waals surface area contributed by atoms with Gasteiger partial charge in [-0.25, -0.2) is 4.79 Å². The topological polar surface area (TPSA) is 52.3 Å². The molecule has 0 atom stereocenters. The third-order valence-corrected chi connectivity index (χ3v) is 1.03. The summed E-state index contributed by atoms with van der Waals surface area (Å²) in [7, 11) is 1.10. The van der Waals surface area contributed by atoms with Gasteiger partial charge in [-0.05, 0) is 24.2 Å². The number of hydrogen-bond acceptors (Lipinski definition) is 3. The Bertz CT molecular complexity index is 404. The molecule has 0 heterocycles. The fraction of sp³-hybridized carbons (Fsp3) is 0.125. The van der Waals surface area contributed by atoms with Crippen molar-refractivity contribution in [3.63, 3.8) is 0 Å². The predicted molar refractivity (Wildman–Crippen MR) is 42.2 cm³/mol. The number of esters is 1. The molecule has 11 heavy (non-hydrogen) atoms. The van der Waals surface area contributed by atoms with Crippen LogP contribution in [-0.2, 0) is 4.74 Å². The monoisotopic (exact) mass is 155 g/mol. The molecule has 0 aliphatic heterocycles. The first-order valence-corrected chi connectivity index (χ1v) is 2.86. The first-order valence-electron chi connectivity index (χ1n) is 4.86. The molecule has 3 heteroatoms. The van der Waals surface area contributed by atoms with Gasteiger partial charge in [-0.3, -0.25) is 0 Å². The van der Waals surface area contributed by atoms with Gasteiger partial charge >= 0.3 is 5.97 Å². The summed E-state index contributed by atoms with van der Waals surface area (Å²) in [5, 5.41) is 0. The predicted octanol–water partition coefficient (Wildman–Crippen LogP) is 1.06. The normalized spacial score (nSPS) is 14.3. The fourth-order valence-corrected chi connectivity index (χ4v) is 0.526. The van der Waals surface area contributed by atoms with Gasteiger partial charge in [0.25, 0.3) is 0 Å². The van der Waals surface area contributed by atoms with Crippen molar-refractivity contribution in [1.82, 2.24) is 0 Å². The molecule has 0 spiro atoms. The van der Waals surface area contributed by atoms with Crippen LogP contribution < -0.4 is 5.73 Å². The molecular weight excluding hydrogens is 142 g/mol. The van der Waals surface area contributed by atoms with Crippen molar-refractivity contribution in [2.75, 3.05) is 12.8 Å². The largest absolute Gasteiger partial charge is 0.465 e. The van der Waals surface area contributed by atoms with E-state index in [9.17, 15) is 4.79 Å². The number of anilines is 1. The summed E-state index contributed by atoms with van der Waals surface area (Å²) in [5.74, 6) is -0.910. The Morgan fingerprint density at radius 1 is 1.55 bits per heavy atom. The highest BCUT2D eigenvalue weighted by molar-refractivity contribution is 5.89. The average Bonchev–Trinajstić information content (AvgIpc) is 2.23. The number of carbonyl (C=O) groups excluding carboxylic acids is 1. The van der Waals surface area contributed by atoms with Crippen LogP contribution in [0.4, 0.5) is 5.69 Å². The number of rotatable bonds is 1. The van der Waals surface area contributed by atoms with Crippen LogP contribution in [0, 0.1) is 0 Å². The van der Waals surface area contributed by atoms with Crippen LogP contribution >= 0.6 is 0 Å². The van der Waals surface area contributed by atoms with Gasteiger partial charge in [0.1, 0.15) is 0 Å². The van der Waals surface area contributed by atoms with E-state index in [0.29, 0.717) is 0 Å². The molecule has 0 amide bonds. The maximum absolute atomic E-state index is 11.2. The van der Waals surface area contributed by atoms with Crippen LogP contribution in [0.25, 0.3) is 0 Å². The van der Waals surface area contributed by atoms with Gasteiger partial charge in [0.2, 0.25) is 0 Å². The number of ether oxygens (including phenoxy) is 1. The smallest absolute Gasteiger partial charge is 0.337 e. The van der Waals surface area contributed by atoms with Crippen molar-refractivity contribution in [3.05, 3.63) is 29.7 Å². The van der Waals surface area contributed by atoms with Crippen molar-refractivity contribution < 1.29 is 15.0 Å². The number of methoxy groups -OCH3 is 1. The zero-order valence-electron chi connectivity index (χ0n) is 9.89. The Balaban J connectivity index is 3.60. The number of nitrogen functional groups attached to an aromatic ring is 1. The highest BCUT2D eigenvalue weighted by Gasteiger charge is 2.02. The third kappa shape index (κ3) is 1.70. The van der Waals surface area contributed by atoms with E-state index in [1.807, 2.05) is 0 Å². The third-order valence-electron chi connectivity index (χ3n) is 1.03. The Morgan fingerprint density at radius 3 is 2.55 bits per heavy atom. The van der Waals surface area contributed by atoms with Gasteiger partial charge in [-0.2, -0.15) is 0 Å². The zero-order chi connectivity index (χ0) is 11.7. The molecule has 0 unspecified atom stereocenters. The molecule has 1 aromatic rings. The fourth-order valence-electron chi connectivity index (χ4n) is 0.526. The maximum atomic E-state index is 11.2. The average molecular weight is 155 g/mol. The maximum Gasteiger partial charge on any atom is 0.337 e. The standard InChI is InChI=1S/C8H9NO2/c1-11-8(10)6-2-4-7(9)5-3-6/h2-5H,9H2,1H3/i2D,3D,4D,5D. The Morgan fingerprint density at radius 2 is 2.09 bits per heavy atom. The minimum Gasteiger partial charge on any atom is -0.465 e. The van der Waals surface area contributed by atoms with E-state index in [-0.39, 0.29) is 5.69 Å². The highest BCUT2D eigenvalue weighted by atomic mass is 16.5. The molecule has 0 saturated heterocycles. The van der Waals surface area contributed by atoms with Gasteiger partial charge in [0, 0.05) is 5.69 Å². The number of carbonyl (C=O) groups is 1. The van der Waals surface area contributed by atoms with Crippen molar-refractivity contribution in [2.45, 2.75) is 0 Å². The van der Waals surface area contributed by atoms with Crippen LogP contribution in [0.1, 0.15) is 15.8 Å². The highest BCUT2D eigenvalue weighted by Crippen LogP contribution is 2.05. The number of benzene rings is 1. The van der Waals surface area contributed by atoms with Gasteiger partial charge in [0.05, 0.1) is 18.2 Å². The first-order chi connectivity index (χ1) is 6.91. The summed E-state index contributed by atoms with van der Waals surface area (Å²) >= 11 is 0. The molecule has 0 radical (unpaired) electrons. The molecule has 58 valence electrons. The molecule has 0 aliphatic carbocycles. The summed E-state index contributed by atoms with van der Waals surface area (Å²) in [6.07, 6.45) is 0. The summed E-state index contributed by atoms with van der Waals surface area (Å²) in [6, 6.07) is -1.84. The van der Waals surface area contributed by atoms with E-state index in [4.69, 9.17) is 11.2 Å². The van der Waals surface area contributed by atoms with Crippen LogP contribution in [-0.4, -0.2) is 13.1 Å². The zero-order valence-corrected chi connectivity index (χ0v) is 5.89. The van der Waals surface area contributed by atoms with Gasteiger partial charge < -0.3 is 10.5 Å². The van der Waals surface area contributed by atoms with Crippen LogP contribution in [0.2, 0.25) is 0 Å². The Kier molecular flexibility index (Phi) is 1.04. The second-order valence-corrected chi connectivity index (χ2v) is 1.78. The van der Waals surface area contributed by atoms with E-state index in [0.717, 1.165) is 7.11 Å². The molecule has 0 bridgehead atoms. The second kappa shape index (κ2) is 3.05. The molecule has 1 aromatic carbocycles. The van der Waals surface area contributed by atoms with Gasteiger partial charge in [-0.15, -0.1) is 0 Å². The van der Waals surface area contributed by atoms with Gasteiger partial charge in [-0.1, -0.05) is 0 Å². The quantitative estimate of drug-likeness (QED) is 0.487. The van der Waals surface area contributed by atoms with Crippen LogP contribution in [0.3, 0.4) is 0 Å². The molecule has 0 fully saturated rings. The minimum atomic E-state index is -0.910. The molecule has 1 rings (SSSR count). The van der Waals surface area contributed by atoms with Gasteiger partial charge in [0.15, 0.2) is 0 Å². The molecule has 0 aliphatic rings. The van der Waals surface area contributed by atoms with Crippen LogP contribution in [0.5, 0.6) is 0 Å². The molecule has 2 N–H and O–H groups in total. The molecular formula is C8H9NO2. The lowest BCUT2D eigenvalue weighted by atomic mass is 10.2. The van der Waals surface area contributed by atoms with E-state index in [2.05, 4.69) is 4.74 Å². The molecule has 0 aromatic heterocycles. The van der Waals surface area contributed by atoms with Crippen molar-refractivity contribution in [1.29, 1.82) is 0 Å². The van der Waals surface area contributed by atoms with Crippen LogP contribution in [0.15, 0.2) is 24.2 Å². The van der Waals surface area contributed by atoms with Crippen molar-refractivity contribution in [2.24, 2.45) is 0 Å². The van der Waals surface area contributed by atoms with E-state index in [1.165, 1.54) is 0 Å². The number of hydrogen-bond donors (Lipinski definition) is 1. The van der Waals surface area contributed by atoms with Crippen molar-refractivity contribution >= 4 is 11.7 Å². The molecule has 3 nitrogen and oxygen atoms in total. The summed E-state index contributed by atoms with van der Waals surface area (Å²) < 4.78 is 34.0. The minimum absolute atomic E-state index is 0.280.